The molecule has 5 nitrogen and oxygen atoms in total. The van der Waals surface area contributed by atoms with Crippen molar-refractivity contribution in [2.75, 3.05) is 16.4 Å². The van der Waals surface area contributed by atoms with Crippen molar-refractivity contribution in [1.82, 2.24) is 4.98 Å². The van der Waals surface area contributed by atoms with Crippen LogP contribution in [0.15, 0.2) is 83.1 Å². The van der Waals surface area contributed by atoms with Gasteiger partial charge in [-0.1, -0.05) is 29.8 Å². The fourth-order valence-corrected chi connectivity index (χ4v) is 4.47. The Kier molecular flexibility index (Phi) is 7.39. The summed E-state index contributed by atoms with van der Waals surface area (Å²) in [4.78, 5) is 30.0. The Hall–Kier alpha value is -3.20. The van der Waals surface area contributed by atoms with Crippen molar-refractivity contribution in [2.24, 2.45) is 0 Å². The van der Waals surface area contributed by atoms with Crippen LogP contribution in [-0.4, -0.2) is 22.6 Å². The Morgan fingerprint density at radius 1 is 1.00 bits per heavy atom. The third kappa shape index (κ3) is 6.41. The summed E-state index contributed by atoms with van der Waals surface area (Å²) in [6, 6.07) is 19.8. The van der Waals surface area contributed by atoms with Gasteiger partial charge in [-0.2, -0.15) is 0 Å². The van der Waals surface area contributed by atoms with Crippen molar-refractivity contribution in [3.8, 4) is 11.3 Å². The zero-order valence-corrected chi connectivity index (χ0v) is 19.4. The molecule has 9 heteroatoms. The molecular weight excluding hydrogens is 481 g/mol. The predicted octanol–water partition coefficient (Wildman–Crippen LogP) is 6.59. The van der Waals surface area contributed by atoms with Gasteiger partial charge in [-0.05, 0) is 54.6 Å². The molecule has 0 fully saturated rings. The minimum Gasteiger partial charge on any atom is -0.322 e. The summed E-state index contributed by atoms with van der Waals surface area (Å²) in [5.74, 6) is -0.735. The molecule has 0 radical (unpaired) electrons. The van der Waals surface area contributed by atoms with Crippen LogP contribution >= 0.6 is 34.7 Å². The van der Waals surface area contributed by atoms with Gasteiger partial charge in [-0.15, -0.1) is 23.1 Å². The standard InChI is InChI=1S/C24H17ClFN3O2S2/c25-17-8-4-15(5-9-17)21-13-33-24(28-21)29-22(30)14-32-20-3-1-2-19(12-20)27-23(31)16-6-10-18(26)11-7-16/h1-13H,14H2,(H,27,31)(H,28,29,30). The molecule has 4 rings (SSSR count). The minimum absolute atomic E-state index is 0.183. The summed E-state index contributed by atoms with van der Waals surface area (Å²) in [6.45, 7) is 0. The third-order valence-corrected chi connectivity index (χ3v) is 6.46. The fraction of sp³-hybridized carbons (Fsp3) is 0.0417. The molecule has 0 aliphatic rings. The van der Waals surface area contributed by atoms with E-state index < -0.39 is 5.82 Å². The number of anilines is 2. The van der Waals surface area contributed by atoms with E-state index >= 15 is 0 Å². The van der Waals surface area contributed by atoms with Crippen LogP contribution in [0.3, 0.4) is 0 Å². The Morgan fingerprint density at radius 3 is 2.52 bits per heavy atom. The van der Waals surface area contributed by atoms with Gasteiger partial charge in [-0.3, -0.25) is 9.59 Å². The summed E-state index contributed by atoms with van der Waals surface area (Å²) < 4.78 is 13.0. The van der Waals surface area contributed by atoms with Crippen molar-refractivity contribution >= 4 is 57.3 Å². The van der Waals surface area contributed by atoms with Crippen LogP contribution in [-0.2, 0) is 4.79 Å². The average Bonchev–Trinajstić information content (AvgIpc) is 3.27. The zero-order valence-electron chi connectivity index (χ0n) is 17.0. The molecule has 1 heterocycles. The largest absolute Gasteiger partial charge is 0.322 e. The zero-order chi connectivity index (χ0) is 23.2. The van der Waals surface area contributed by atoms with E-state index in [2.05, 4.69) is 15.6 Å². The van der Waals surface area contributed by atoms with Crippen molar-refractivity contribution in [1.29, 1.82) is 0 Å². The molecule has 0 aliphatic carbocycles. The quantitative estimate of drug-likeness (QED) is 0.283. The molecule has 166 valence electrons. The van der Waals surface area contributed by atoms with Crippen molar-refractivity contribution in [2.45, 2.75) is 4.90 Å². The molecule has 2 amide bonds. The van der Waals surface area contributed by atoms with Gasteiger partial charge >= 0.3 is 0 Å². The Labute approximate surface area is 203 Å². The van der Waals surface area contributed by atoms with E-state index in [9.17, 15) is 14.0 Å². The highest BCUT2D eigenvalue weighted by atomic mass is 35.5. The maximum Gasteiger partial charge on any atom is 0.255 e. The molecule has 3 aromatic carbocycles. The number of nitrogens with one attached hydrogen (secondary N) is 2. The second-order valence-corrected chi connectivity index (χ2v) is 9.21. The first-order valence-electron chi connectivity index (χ1n) is 9.77. The van der Waals surface area contributed by atoms with Crippen LogP contribution in [0.2, 0.25) is 5.02 Å². The summed E-state index contributed by atoms with van der Waals surface area (Å²) in [7, 11) is 0. The SMILES string of the molecule is O=C(CSc1cccc(NC(=O)c2ccc(F)cc2)c1)Nc1nc(-c2ccc(Cl)cc2)cs1. The first-order chi connectivity index (χ1) is 16.0. The fourth-order valence-electron chi connectivity index (χ4n) is 2.86. The van der Waals surface area contributed by atoms with Crippen LogP contribution < -0.4 is 10.6 Å². The molecule has 0 saturated carbocycles. The average molecular weight is 498 g/mol. The van der Waals surface area contributed by atoms with Gasteiger partial charge < -0.3 is 10.6 Å². The lowest BCUT2D eigenvalue weighted by Crippen LogP contribution is -2.14. The first-order valence-corrected chi connectivity index (χ1v) is 12.0. The van der Waals surface area contributed by atoms with Crippen molar-refractivity contribution in [3.63, 3.8) is 0 Å². The maximum absolute atomic E-state index is 13.0. The molecule has 0 aliphatic heterocycles. The van der Waals surface area contributed by atoms with Gasteiger partial charge in [0.1, 0.15) is 5.82 Å². The number of rotatable bonds is 7. The number of thioether (sulfide) groups is 1. The topological polar surface area (TPSA) is 71.1 Å². The Morgan fingerprint density at radius 2 is 1.76 bits per heavy atom. The van der Waals surface area contributed by atoms with Gasteiger partial charge in [-0.25, -0.2) is 9.37 Å². The lowest BCUT2D eigenvalue weighted by Gasteiger charge is -2.08. The van der Waals surface area contributed by atoms with Crippen molar-refractivity contribution < 1.29 is 14.0 Å². The van der Waals surface area contributed by atoms with E-state index in [4.69, 9.17) is 11.6 Å². The molecule has 0 saturated heterocycles. The normalized spacial score (nSPS) is 10.6. The molecular formula is C24H17ClFN3O2S2. The lowest BCUT2D eigenvalue weighted by atomic mass is 10.2. The van der Waals surface area contributed by atoms with Crippen molar-refractivity contribution in [3.05, 3.63) is 94.6 Å². The molecule has 1 aromatic heterocycles. The number of thiazole rings is 1. The van der Waals surface area contributed by atoms with Gasteiger partial charge in [0, 0.05) is 32.1 Å². The molecule has 0 unspecified atom stereocenters. The molecule has 0 atom stereocenters. The minimum atomic E-state index is -0.401. The number of nitrogens with zero attached hydrogens (tertiary/aromatic N) is 1. The number of carbonyl (C=O) groups is 2. The van der Waals surface area contributed by atoms with Crippen LogP contribution in [0, 0.1) is 5.82 Å². The highest BCUT2D eigenvalue weighted by Crippen LogP contribution is 2.27. The van der Waals surface area contributed by atoms with Crippen LogP contribution in [0.5, 0.6) is 0 Å². The van der Waals surface area contributed by atoms with Gasteiger partial charge in [0.25, 0.3) is 5.91 Å². The highest BCUT2D eigenvalue weighted by Gasteiger charge is 2.10. The van der Waals surface area contributed by atoms with Gasteiger partial charge in [0.15, 0.2) is 5.13 Å². The third-order valence-electron chi connectivity index (χ3n) is 4.46. The van der Waals surface area contributed by atoms with E-state index in [1.807, 2.05) is 23.6 Å². The van der Waals surface area contributed by atoms with E-state index in [1.54, 1.807) is 30.3 Å². The molecule has 2 N–H and O–H groups in total. The van der Waals surface area contributed by atoms with Crippen LogP contribution in [0.25, 0.3) is 11.3 Å². The van der Waals surface area contributed by atoms with Gasteiger partial charge in [0.05, 0.1) is 11.4 Å². The van der Waals surface area contributed by atoms with Gasteiger partial charge in [0.2, 0.25) is 5.91 Å². The lowest BCUT2D eigenvalue weighted by molar-refractivity contribution is -0.113. The molecule has 4 aromatic rings. The number of hydrogen-bond acceptors (Lipinski definition) is 5. The summed E-state index contributed by atoms with van der Waals surface area (Å²) in [5, 5.41) is 8.63. The molecule has 0 bridgehead atoms. The number of carbonyl (C=O) groups excluding carboxylic acids is 2. The monoisotopic (exact) mass is 497 g/mol. The second-order valence-electron chi connectivity index (χ2n) is 6.87. The van der Waals surface area contributed by atoms with E-state index in [-0.39, 0.29) is 17.6 Å². The molecule has 0 spiro atoms. The number of hydrogen-bond donors (Lipinski definition) is 2. The number of aromatic nitrogens is 1. The predicted molar refractivity (Wildman–Crippen MR) is 133 cm³/mol. The number of halogens is 2. The Balaban J connectivity index is 1.31. The summed E-state index contributed by atoms with van der Waals surface area (Å²) in [5.41, 5.74) is 2.63. The first kappa shape index (κ1) is 23.0. The maximum atomic E-state index is 13.0. The summed E-state index contributed by atoms with van der Waals surface area (Å²) >= 11 is 8.61. The summed E-state index contributed by atoms with van der Waals surface area (Å²) in [6.07, 6.45) is 0. The van der Waals surface area contributed by atoms with E-state index in [1.165, 1.54) is 47.4 Å². The number of benzene rings is 3. The highest BCUT2D eigenvalue weighted by molar-refractivity contribution is 8.00. The smallest absolute Gasteiger partial charge is 0.255 e. The van der Waals surface area contributed by atoms with Crippen LogP contribution in [0.1, 0.15) is 10.4 Å². The Bertz CT molecular complexity index is 1280. The number of amides is 2. The van der Waals surface area contributed by atoms with E-state index in [0.29, 0.717) is 21.4 Å². The second kappa shape index (κ2) is 10.6. The molecule has 33 heavy (non-hydrogen) atoms. The van der Waals surface area contributed by atoms with Crippen LogP contribution in [0.4, 0.5) is 15.2 Å². The van der Waals surface area contributed by atoms with E-state index in [0.717, 1.165) is 16.2 Å².